The average molecular weight is 99.1 g/mol. The van der Waals surface area contributed by atoms with Gasteiger partial charge in [-0.1, -0.05) is 0 Å². The molecule has 0 aromatic rings. The van der Waals surface area contributed by atoms with Gasteiger partial charge in [0, 0.05) is 0 Å². The predicted octanol–water partition coefficient (Wildman–Crippen LogP) is -0.111. The lowest BCUT2D eigenvalue weighted by Crippen LogP contribution is -2.52. The van der Waals surface area contributed by atoms with Crippen molar-refractivity contribution in [2.45, 2.75) is 13.0 Å². The highest BCUT2D eigenvalue weighted by atomic mass is 16.1. The lowest BCUT2D eigenvalue weighted by Gasteiger charge is -2.32. The van der Waals surface area contributed by atoms with E-state index in [9.17, 15) is 4.79 Å². The monoisotopic (exact) mass is 99.1 g/mol. The molecule has 1 fully saturated rings. The first kappa shape index (κ1) is 4.78. The van der Waals surface area contributed by atoms with Gasteiger partial charge in [0.25, 0.3) is 0 Å². The van der Waals surface area contributed by atoms with Crippen molar-refractivity contribution in [3.8, 4) is 0 Å². The second-order valence-corrected chi connectivity index (χ2v) is 2.06. The van der Waals surface area contributed by atoms with E-state index in [1.54, 1.807) is 0 Å². The molecule has 1 saturated heterocycles. The maximum atomic E-state index is 10.4. The molecule has 1 heterocycles. The molecule has 0 radical (unpaired) electrons. The van der Waals surface area contributed by atoms with Crippen LogP contribution in [0.3, 0.4) is 0 Å². The molecular weight excluding hydrogens is 90.1 g/mol. The molecule has 0 aliphatic carbocycles. The van der Waals surface area contributed by atoms with Gasteiger partial charge in [0.2, 0.25) is 0 Å². The Kier molecular flexibility index (Phi) is 0.889. The van der Waals surface area contributed by atoms with E-state index in [4.69, 9.17) is 0 Å². The topological polar surface area (TPSA) is 20.3 Å². The molecule has 1 aliphatic rings. The molecule has 1 unspecified atom stereocenters. The van der Waals surface area contributed by atoms with E-state index >= 15 is 0 Å². The van der Waals surface area contributed by atoms with E-state index in [1.807, 2.05) is 18.9 Å². The molecule has 0 spiro atoms. The third-order valence-corrected chi connectivity index (χ3v) is 1.53. The molecule has 0 amide bonds. The highest BCUT2D eigenvalue weighted by Gasteiger charge is 2.28. The minimum atomic E-state index is 0.194. The quantitative estimate of drug-likeness (QED) is 0.422. The van der Waals surface area contributed by atoms with Crippen molar-refractivity contribution in [3.63, 3.8) is 0 Å². The van der Waals surface area contributed by atoms with Gasteiger partial charge < -0.3 is 0 Å². The minimum Gasteiger partial charge on any atom is -0.296 e. The first-order chi connectivity index (χ1) is 3.22. The van der Waals surface area contributed by atoms with Crippen molar-refractivity contribution in [1.82, 2.24) is 4.90 Å². The SMILES string of the molecule is CC1C(=O)CN1C. The Morgan fingerprint density at radius 1 is 1.86 bits per heavy atom. The summed E-state index contributed by atoms with van der Waals surface area (Å²) < 4.78 is 0. The van der Waals surface area contributed by atoms with E-state index in [0.717, 1.165) is 0 Å². The number of likely N-dealkylation sites (tertiary alicyclic amines) is 1. The summed E-state index contributed by atoms with van der Waals surface area (Å²) in [6.45, 7) is 2.58. The third-order valence-electron chi connectivity index (χ3n) is 1.53. The zero-order chi connectivity index (χ0) is 5.44. The van der Waals surface area contributed by atoms with Crippen LogP contribution in [0.5, 0.6) is 0 Å². The maximum absolute atomic E-state index is 10.4. The number of carbonyl (C=O) groups is 1. The lowest BCUT2D eigenvalue weighted by atomic mass is 10.1. The highest BCUT2D eigenvalue weighted by Crippen LogP contribution is 2.07. The molecule has 2 nitrogen and oxygen atoms in total. The average Bonchev–Trinajstić information content (AvgIpc) is 1.68. The molecule has 0 aromatic heterocycles. The molecule has 0 bridgehead atoms. The Morgan fingerprint density at radius 2 is 2.43 bits per heavy atom. The van der Waals surface area contributed by atoms with Crippen molar-refractivity contribution >= 4 is 5.78 Å². The molecule has 1 rings (SSSR count). The van der Waals surface area contributed by atoms with Crippen molar-refractivity contribution in [2.75, 3.05) is 13.6 Å². The van der Waals surface area contributed by atoms with Gasteiger partial charge in [0.05, 0.1) is 12.6 Å². The summed E-state index contributed by atoms with van der Waals surface area (Å²) in [5, 5.41) is 0. The van der Waals surface area contributed by atoms with Crippen molar-refractivity contribution < 1.29 is 4.79 Å². The van der Waals surface area contributed by atoms with Crippen LogP contribution in [0, 0.1) is 0 Å². The molecule has 0 saturated carbocycles. The number of carbonyl (C=O) groups excluding carboxylic acids is 1. The van der Waals surface area contributed by atoms with Crippen LogP contribution < -0.4 is 0 Å². The Hall–Kier alpha value is -0.370. The van der Waals surface area contributed by atoms with Crippen LogP contribution in [0.25, 0.3) is 0 Å². The smallest absolute Gasteiger partial charge is 0.163 e. The molecule has 0 N–H and O–H groups in total. The summed E-state index contributed by atoms with van der Waals surface area (Å²) in [7, 11) is 1.95. The fourth-order valence-corrected chi connectivity index (χ4v) is 0.648. The van der Waals surface area contributed by atoms with Crippen LogP contribution in [-0.4, -0.2) is 30.3 Å². The molecular formula is C5H9NO. The summed E-state index contributed by atoms with van der Waals surface area (Å²) in [4.78, 5) is 12.4. The van der Waals surface area contributed by atoms with Crippen LogP contribution in [-0.2, 0) is 4.79 Å². The maximum Gasteiger partial charge on any atom is 0.163 e. The number of ketones is 1. The van der Waals surface area contributed by atoms with E-state index in [1.165, 1.54) is 0 Å². The van der Waals surface area contributed by atoms with E-state index in [2.05, 4.69) is 0 Å². The number of hydrogen-bond donors (Lipinski definition) is 0. The Balaban J connectivity index is 2.43. The normalized spacial score (nSPS) is 32.9. The van der Waals surface area contributed by atoms with Gasteiger partial charge in [0.1, 0.15) is 0 Å². The second-order valence-electron chi connectivity index (χ2n) is 2.06. The Morgan fingerprint density at radius 3 is 2.43 bits per heavy atom. The van der Waals surface area contributed by atoms with Crippen molar-refractivity contribution in [2.24, 2.45) is 0 Å². The zero-order valence-corrected chi connectivity index (χ0v) is 4.64. The highest BCUT2D eigenvalue weighted by molar-refractivity contribution is 5.90. The minimum absolute atomic E-state index is 0.194. The van der Waals surface area contributed by atoms with E-state index in [0.29, 0.717) is 12.3 Å². The first-order valence-corrected chi connectivity index (χ1v) is 2.45. The lowest BCUT2D eigenvalue weighted by molar-refractivity contribution is -0.133. The molecule has 2 heteroatoms. The number of Topliss-reactive ketones (excluding diaryl/α,β-unsaturated/α-hetero) is 1. The van der Waals surface area contributed by atoms with Gasteiger partial charge in [-0.15, -0.1) is 0 Å². The fourth-order valence-electron chi connectivity index (χ4n) is 0.648. The first-order valence-electron chi connectivity index (χ1n) is 2.45. The predicted molar refractivity (Wildman–Crippen MR) is 27.1 cm³/mol. The molecule has 1 atom stereocenters. The number of nitrogens with zero attached hydrogens (tertiary/aromatic N) is 1. The number of rotatable bonds is 0. The molecule has 7 heavy (non-hydrogen) atoms. The van der Waals surface area contributed by atoms with Gasteiger partial charge in [-0.3, -0.25) is 9.69 Å². The molecule has 1 aliphatic heterocycles. The summed E-state index contributed by atoms with van der Waals surface area (Å²) in [6.07, 6.45) is 0. The van der Waals surface area contributed by atoms with Gasteiger partial charge in [-0.25, -0.2) is 0 Å². The van der Waals surface area contributed by atoms with Gasteiger partial charge >= 0.3 is 0 Å². The van der Waals surface area contributed by atoms with Crippen molar-refractivity contribution in [1.29, 1.82) is 0 Å². The molecule has 0 aromatic carbocycles. The largest absolute Gasteiger partial charge is 0.296 e. The molecule has 40 valence electrons. The van der Waals surface area contributed by atoms with Crippen LogP contribution in [0.1, 0.15) is 6.92 Å². The summed E-state index contributed by atoms with van der Waals surface area (Å²) in [5.74, 6) is 0.363. The number of likely N-dealkylation sites (N-methyl/N-ethyl adjacent to an activating group) is 1. The summed E-state index contributed by atoms with van der Waals surface area (Å²) in [5.41, 5.74) is 0. The van der Waals surface area contributed by atoms with Gasteiger partial charge in [-0.2, -0.15) is 0 Å². The van der Waals surface area contributed by atoms with Crippen LogP contribution in [0.15, 0.2) is 0 Å². The summed E-state index contributed by atoms with van der Waals surface area (Å²) in [6, 6.07) is 0.194. The second kappa shape index (κ2) is 1.30. The van der Waals surface area contributed by atoms with Gasteiger partial charge in [0.15, 0.2) is 5.78 Å². The third kappa shape index (κ3) is 0.548. The number of hydrogen-bond acceptors (Lipinski definition) is 2. The van der Waals surface area contributed by atoms with Crippen LogP contribution >= 0.6 is 0 Å². The van der Waals surface area contributed by atoms with Crippen molar-refractivity contribution in [3.05, 3.63) is 0 Å². The van der Waals surface area contributed by atoms with Crippen LogP contribution in [0.2, 0.25) is 0 Å². The fraction of sp³-hybridized carbons (Fsp3) is 0.800. The Labute approximate surface area is 43.1 Å². The Bertz CT molecular complexity index is 100. The van der Waals surface area contributed by atoms with Gasteiger partial charge in [-0.05, 0) is 14.0 Å². The summed E-state index contributed by atoms with van der Waals surface area (Å²) >= 11 is 0. The van der Waals surface area contributed by atoms with E-state index in [-0.39, 0.29) is 6.04 Å². The standard InChI is InChI=1S/C5H9NO/c1-4-5(7)3-6(4)2/h4H,3H2,1-2H3. The zero-order valence-electron chi connectivity index (χ0n) is 4.64. The van der Waals surface area contributed by atoms with E-state index < -0.39 is 0 Å². The van der Waals surface area contributed by atoms with Crippen LogP contribution in [0.4, 0.5) is 0 Å².